The summed E-state index contributed by atoms with van der Waals surface area (Å²) >= 11 is 1.59. The smallest absolute Gasteiger partial charge is 0.363 e. The van der Waals surface area contributed by atoms with E-state index in [1.807, 2.05) is 36.6 Å². The number of aliphatic imine (C=N–C) groups is 1. The number of hydrogen-bond donors (Lipinski definition) is 0. The monoisotopic (exact) mass is 466 g/mol. The quantitative estimate of drug-likeness (QED) is 0.359. The molecule has 1 aromatic heterocycles. The molecule has 0 radical (unpaired) electrons. The second-order valence-electron chi connectivity index (χ2n) is 6.97. The fraction of sp³-hybridized carbons (Fsp3) is 0.208. The number of rotatable bonds is 8. The number of nitrogens with zero attached hydrogens (tertiary/aromatic N) is 2. The van der Waals surface area contributed by atoms with Crippen molar-refractivity contribution in [3.8, 4) is 23.0 Å². The van der Waals surface area contributed by atoms with E-state index in [1.54, 1.807) is 29.5 Å². The van der Waals surface area contributed by atoms with Gasteiger partial charge in [-0.2, -0.15) is 0 Å². The van der Waals surface area contributed by atoms with Gasteiger partial charge in [0.2, 0.25) is 11.6 Å². The molecule has 2 aromatic carbocycles. The standard InChI is InChI=1S/C24H22N2O6S/c1-14-25-17(13-33-14)12-31-18-7-5-15(6-8-18)9-19-24(27)32-23(26-19)16-10-20(28-2)22(30-4)21(11-16)29-3/h5-11,13H,12H2,1-4H3/b19-9-. The number of ether oxygens (including phenoxy) is 5. The minimum atomic E-state index is -0.544. The molecule has 0 fully saturated rings. The molecule has 3 aromatic rings. The number of methoxy groups -OCH3 is 3. The minimum absolute atomic E-state index is 0.156. The second-order valence-corrected chi connectivity index (χ2v) is 8.03. The van der Waals surface area contributed by atoms with E-state index >= 15 is 0 Å². The zero-order valence-electron chi connectivity index (χ0n) is 18.6. The van der Waals surface area contributed by atoms with E-state index in [-0.39, 0.29) is 11.6 Å². The number of aryl methyl sites for hydroxylation is 1. The maximum atomic E-state index is 12.4. The van der Waals surface area contributed by atoms with Crippen LogP contribution in [-0.2, 0) is 16.1 Å². The van der Waals surface area contributed by atoms with Crippen molar-refractivity contribution < 1.29 is 28.5 Å². The van der Waals surface area contributed by atoms with Gasteiger partial charge in [0.15, 0.2) is 17.2 Å². The van der Waals surface area contributed by atoms with Crippen LogP contribution in [0.1, 0.15) is 21.8 Å². The Bertz CT molecular complexity index is 1210. The van der Waals surface area contributed by atoms with Crippen LogP contribution in [0.25, 0.3) is 6.08 Å². The average Bonchev–Trinajstić information content (AvgIpc) is 3.42. The highest BCUT2D eigenvalue weighted by atomic mass is 32.1. The summed E-state index contributed by atoms with van der Waals surface area (Å²) in [6.45, 7) is 2.36. The highest BCUT2D eigenvalue weighted by Gasteiger charge is 2.26. The first-order valence-electron chi connectivity index (χ1n) is 9.97. The van der Waals surface area contributed by atoms with E-state index < -0.39 is 5.97 Å². The Kier molecular flexibility index (Phi) is 6.60. The van der Waals surface area contributed by atoms with Crippen molar-refractivity contribution in [1.29, 1.82) is 0 Å². The number of cyclic esters (lactones) is 1. The molecule has 0 saturated carbocycles. The van der Waals surface area contributed by atoms with Crippen LogP contribution in [-0.4, -0.2) is 38.2 Å². The first kappa shape index (κ1) is 22.3. The van der Waals surface area contributed by atoms with Gasteiger partial charge >= 0.3 is 5.97 Å². The van der Waals surface area contributed by atoms with E-state index in [0.29, 0.717) is 35.2 Å². The van der Waals surface area contributed by atoms with Gasteiger partial charge in [-0.25, -0.2) is 14.8 Å². The fourth-order valence-electron chi connectivity index (χ4n) is 3.19. The molecule has 33 heavy (non-hydrogen) atoms. The SMILES string of the molecule is COc1cc(C2=N/C(=C\c3ccc(OCc4csc(C)n4)cc3)C(=O)O2)cc(OC)c1OC. The van der Waals surface area contributed by atoms with Crippen LogP contribution in [0.3, 0.4) is 0 Å². The van der Waals surface area contributed by atoms with Crippen LogP contribution < -0.4 is 18.9 Å². The third kappa shape index (κ3) is 4.98. The molecule has 9 heteroatoms. The summed E-state index contributed by atoms with van der Waals surface area (Å²) in [5, 5.41) is 2.98. The molecule has 1 aliphatic rings. The highest BCUT2D eigenvalue weighted by molar-refractivity contribution is 7.09. The van der Waals surface area contributed by atoms with Crippen molar-refractivity contribution in [2.24, 2.45) is 4.99 Å². The van der Waals surface area contributed by atoms with E-state index in [4.69, 9.17) is 23.7 Å². The highest BCUT2D eigenvalue weighted by Crippen LogP contribution is 2.39. The number of benzene rings is 2. The number of hydrogen-bond acceptors (Lipinski definition) is 9. The summed E-state index contributed by atoms with van der Waals surface area (Å²) < 4.78 is 27.2. The summed E-state index contributed by atoms with van der Waals surface area (Å²) in [5.41, 5.74) is 2.40. The zero-order valence-corrected chi connectivity index (χ0v) is 19.4. The van der Waals surface area contributed by atoms with Crippen molar-refractivity contribution in [2.75, 3.05) is 21.3 Å². The fourth-order valence-corrected chi connectivity index (χ4v) is 3.78. The zero-order chi connectivity index (χ0) is 23.4. The minimum Gasteiger partial charge on any atom is -0.493 e. The molecule has 0 bridgehead atoms. The molecular weight excluding hydrogens is 444 g/mol. The predicted octanol–water partition coefficient (Wildman–Crippen LogP) is 4.40. The van der Waals surface area contributed by atoms with Crippen molar-refractivity contribution in [1.82, 2.24) is 4.98 Å². The van der Waals surface area contributed by atoms with Gasteiger partial charge in [-0.1, -0.05) is 12.1 Å². The second kappa shape index (κ2) is 9.74. The van der Waals surface area contributed by atoms with Gasteiger partial charge in [-0.3, -0.25) is 0 Å². The Hall–Kier alpha value is -3.85. The van der Waals surface area contributed by atoms with Gasteiger partial charge in [-0.05, 0) is 42.8 Å². The molecule has 0 unspecified atom stereocenters. The molecule has 0 aliphatic carbocycles. The first-order valence-corrected chi connectivity index (χ1v) is 10.9. The van der Waals surface area contributed by atoms with Gasteiger partial charge in [0.1, 0.15) is 12.4 Å². The Balaban J connectivity index is 1.52. The van der Waals surface area contributed by atoms with Crippen molar-refractivity contribution >= 4 is 29.3 Å². The lowest BCUT2D eigenvalue weighted by Crippen LogP contribution is -2.06. The Morgan fingerprint density at radius 2 is 1.73 bits per heavy atom. The number of carbonyl (C=O) groups excluding carboxylic acids is 1. The number of aromatic nitrogens is 1. The van der Waals surface area contributed by atoms with Crippen molar-refractivity contribution in [3.05, 3.63) is 69.3 Å². The first-order chi connectivity index (χ1) is 16.0. The number of carbonyl (C=O) groups is 1. The molecule has 0 atom stereocenters. The maximum Gasteiger partial charge on any atom is 0.363 e. The molecule has 0 saturated heterocycles. The summed E-state index contributed by atoms with van der Waals surface area (Å²) in [6, 6.07) is 10.7. The van der Waals surface area contributed by atoms with Crippen LogP contribution in [0.2, 0.25) is 0 Å². The summed E-state index contributed by atoms with van der Waals surface area (Å²) in [5.74, 6) is 1.63. The molecule has 0 N–H and O–H groups in total. The number of thiazole rings is 1. The summed E-state index contributed by atoms with van der Waals surface area (Å²) in [4.78, 5) is 21.1. The Morgan fingerprint density at radius 1 is 1.03 bits per heavy atom. The van der Waals surface area contributed by atoms with E-state index in [2.05, 4.69) is 9.98 Å². The molecule has 4 rings (SSSR count). The number of esters is 1. The van der Waals surface area contributed by atoms with Crippen LogP contribution >= 0.6 is 11.3 Å². The van der Waals surface area contributed by atoms with Gasteiger partial charge < -0.3 is 23.7 Å². The lowest BCUT2D eigenvalue weighted by atomic mass is 10.1. The Morgan fingerprint density at radius 3 is 2.30 bits per heavy atom. The average molecular weight is 467 g/mol. The van der Waals surface area contributed by atoms with Crippen LogP contribution in [0.15, 0.2) is 52.5 Å². The van der Waals surface area contributed by atoms with Crippen LogP contribution in [0.4, 0.5) is 0 Å². The van der Waals surface area contributed by atoms with Crippen LogP contribution in [0.5, 0.6) is 23.0 Å². The van der Waals surface area contributed by atoms with Crippen molar-refractivity contribution in [2.45, 2.75) is 13.5 Å². The third-order valence-electron chi connectivity index (χ3n) is 4.77. The molecule has 1 aliphatic heterocycles. The molecule has 0 amide bonds. The van der Waals surface area contributed by atoms with Gasteiger partial charge in [0.25, 0.3) is 0 Å². The molecule has 170 valence electrons. The van der Waals surface area contributed by atoms with Crippen LogP contribution in [0, 0.1) is 6.92 Å². The van der Waals surface area contributed by atoms with Gasteiger partial charge in [-0.15, -0.1) is 11.3 Å². The molecule has 8 nitrogen and oxygen atoms in total. The topological polar surface area (TPSA) is 88.5 Å². The largest absolute Gasteiger partial charge is 0.493 e. The normalized spacial score (nSPS) is 14.1. The van der Waals surface area contributed by atoms with Crippen molar-refractivity contribution in [3.63, 3.8) is 0 Å². The predicted molar refractivity (Wildman–Crippen MR) is 124 cm³/mol. The van der Waals surface area contributed by atoms with E-state index in [1.165, 1.54) is 21.3 Å². The summed E-state index contributed by atoms with van der Waals surface area (Å²) in [7, 11) is 4.55. The lowest BCUT2D eigenvalue weighted by Gasteiger charge is -2.13. The van der Waals surface area contributed by atoms with Gasteiger partial charge in [0.05, 0.1) is 32.0 Å². The molecule has 0 spiro atoms. The lowest BCUT2D eigenvalue weighted by molar-refractivity contribution is -0.129. The molecule has 2 heterocycles. The third-order valence-corrected chi connectivity index (χ3v) is 5.59. The summed E-state index contributed by atoms with van der Waals surface area (Å²) in [6.07, 6.45) is 1.65. The van der Waals surface area contributed by atoms with E-state index in [0.717, 1.165) is 16.3 Å². The van der Waals surface area contributed by atoms with Gasteiger partial charge in [0, 0.05) is 10.9 Å². The van der Waals surface area contributed by atoms with E-state index in [9.17, 15) is 4.79 Å². The maximum absolute atomic E-state index is 12.4. The molecular formula is C24H22N2O6S. The Labute approximate surface area is 195 Å².